The fourth-order valence-electron chi connectivity index (χ4n) is 2.01. The molecule has 0 radical (unpaired) electrons. The molecule has 0 spiro atoms. The van der Waals surface area contributed by atoms with Crippen molar-refractivity contribution in [2.75, 3.05) is 11.1 Å². The third kappa shape index (κ3) is 3.29. The summed E-state index contributed by atoms with van der Waals surface area (Å²) >= 11 is 5.43. The number of rotatable bonds is 1. The number of hydrogen-bond donors (Lipinski definition) is 1. The molecule has 1 aliphatic rings. The van der Waals surface area contributed by atoms with Gasteiger partial charge in [-0.3, -0.25) is 4.99 Å². The number of anilines is 1. The van der Waals surface area contributed by atoms with E-state index in [2.05, 4.69) is 61.1 Å². The van der Waals surface area contributed by atoms with Crippen LogP contribution in [0.4, 0.5) is 5.69 Å². The molecule has 0 unspecified atom stereocenters. The Morgan fingerprint density at radius 3 is 2.67 bits per heavy atom. The molecule has 1 aromatic rings. The van der Waals surface area contributed by atoms with E-state index in [0.29, 0.717) is 0 Å². The minimum atomic E-state index is 0.0542. The van der Waals surface area contributed by atoms with Crippen LogP contribution in [0.15, 0.2) is 21.6 Å². The van der Waals surface area contributed by atoms with Crippen molar-refractivity contribution < 1.29 is 0 Å². The van der Waals surface area contributed by atoms with Crippen molar-refractivity contribution in [1.29, 1.82) is 0 Å². The maximum absolute atomic E-state index is 4.76. The fraction of sp³-hybridized carbons (Fsp3) is 0.500. The normalized spacial score (nSPS) is 18.4. The number of benzene rings is 1. The highest BCUT2D eigenvalue weighted by Gasteiger charge is 2.23. The first kappa shape index (κ1) is 13.9. The van der Waals surface area contributed by atoms with Gasteiger partial charge in [0.25, 0.3) is 0 Å². The smallest absolute Gasteiger partial charge is 0.161 e. The molecule has 0 aromatic heterocycles. The SMILES string of the molecule is Cc1cc(C)c(NC2=NC(C)(C)CCS2)c(Br)c1. The van der Waals surface area contributed by atoms with Crippen LogP contribution in [0.1, 0.15) is 31.4 Å². The molecule has 0 fully saturated rings. The van der Waals surface area contributed by atoms with Gasteiger partial charge in [-0.25, -0.2) is 0 Å². The first-order chi connectivity index (χ1) is 8.37. The number of aryl methyl sites for hydroxylation is 2. The van der Waals surface area contributed by atoms with Crippen LogP contribution < -0.4 is 5.32 Å². The van der Waals surface area contributed by atoms with Crippen molar-refractivity contribution in [1.82, 2.24) is 0 Å². The highest BCUT2D eigenvalue weighted by Crippen LogP contribution is 2.31. The molecule has 0 saturated heterocycles. The van der Waals surface area contributed by atoms with Crippen molar-refractivity contribution in [3.8, 4) is 0 Å². The van der Waals surface area contributed by atoms with Crippen molar-refractivity contribution in [2.24, 2.45) is 4.99 Å². The molecule has 0 atom stereocenters. The van der Waals surface area contributed by atoms with E-state index in [1.807, 2.05) is 0 Å². The van der Waals surface area contributed by atoms with Gasteiger partial charge >= 0.3 is 0 Å². The Balaban J connectivity index is 2.27. The maximum atomic E-state index is 4.76. The molecule has 0 amide bonds. The lowest BCUT2D eigenvalue weighted by atomic mass is 10.0. The Morgan fingerprint density at radius 2 is 2.06 bits per heavy atom. The summed E-state index contributed by atoms with van der Waals surface area (Å²) in [7, 11) is 0. The Kier molecular flexibility index (Phi) is 4.07. The number of aliphatic imine (C=N–C) groups is 1. The zero-order valence-corrected chi connectivity index (χ0v) is 13.7. The largest absolute Gasteiger partial charge is 0.334 e. The Morgan fingerprint density at radius 1 is 1.33 bits per heavy atom. The summed E-state index contributed by atoms with van der Waals surface area (Å²) < 4.78 is 1.10. The van der Waals surface area contributed by atoms with Gasteiger partial charge < -0.3 is 5.32 Å². The van der Waals surface area contributed by atoms with Crippen molar-refractivity contribution in [3.05, 3.63) is 27.7 Å². The summed E-state index contributed by atoms with van der Waals surface area (Å²) in [6.45, 7) is 8.60. The standard InChI is InChI=1S/C14H19BrN2S/c1-9-7-10(2)12(11(15)8-9)16-13-17-14(3,4)5-6-18-13/h7-8H,5-6H2,1-4H3,(H,16,17). The van der Waals surface area contributed by atoms with Gasteiger partial charge in [0.05, 0.1) is 11.2 Å². The first-order valence-electron chi connectivity index (χ1n) is 6.14. The van der Waals surface area contributed by atoms with E-state index in [0.717, 1.165) is 27.5 Å². The third-order valence-electron chi connectivity index (χ3n) is 3.02. The highest BCUT2D eigenvalue weighted by molar-refractivity contribution is 9.10. The third-order valence-corrected chi connectivity index (χ3v) is 4.52. The summed E-state index contributed by atoms with van der Waals surface area (Å²) in [6.07, 6.45) is 1.14. The van der Waals surface area contributed by atoms with Crippen LogP contribution in [0, 0.1) is 13.8 Å². The zero-order chi connectivity index (χ0) is 13.3. The minimum Gasteiger partial charge on any atom is -0.334 e. The average Bonchev–Trinajstić information content (AvgIpc) is 2.22. The summed E-state index contributed by atoms with van der Waals surface area (Å²) in [5.41, 5.74) is 3.69. The predicted molar refractivity (Wildman–Crippen MR) is 85.8 cm³/mol. The van der Waals surface area contributed by atoms with E-state index < -0.39 is 0 Å². The van der Waals surface area contributed by atoms with Gasteiger partial charge in [-0.2, -0.15) is 0 Å². The fourth-order valence-corrected chi connectivity index (χ4v) is 4.06. The number of amidine groups is 1. The molecule has 2 nitrogen and oxygen atoms in total. The van der Waals surface area contributed by atoms with Gasteiger partial charge in [-0.15, -0.1) is 0 Å². The minimum absolute atomic E-state index is 0.0542. The summed E-state index contributed by atoms with van der Waals surface area (Å²) in [6, 6.07) is 4.32. The quantitative estimate of drug-likeness (QED) is 0.805. The number of thioether (sulfide) groups is 1. The molecule has 1 aromatic carbocycles. The van der Waals surface area contributed by atoms with Crippen molar-refractivity contribution in [3.63, 3.8) is 0 Å². The molecule has 4 heteroatoms. The molecule has 0 aliphatic carbocycles. The lowest BCUT2D eigenvalue weighted by Gasteiger charge is -2.27. The Labute approximate surface area is 122 Å². The van der Waals surface area contributed by atoms with Crippen molar-refractivity contribution >= 4 is 38.5 Å². The lowest BCUT2D eigenvalue weighted by Crippen LogP contribution is -2.27. The molecular weight excluding hydrogens is 308 g/mol. The second-order valence-electron chi connectivity index (χ2n) is 5.39. The molecule has 18 heavy (non-hydrogen) atoms. The Hall–Kier alpha value is -0.480. The average molecular weight is 327 g/mol. The maximum Gasteiger partial charge on any atom is 0.161 e. The predicted octanol–water partition coefficient (Wildman–Crippen LogP) is 4.75. The molecule has 0 saturated carbocycles. The van der Waals surface area contributed by atoms with Crippen molar-refractivity contribution in [2.45, 2.75) is 39.7 Å². The monoisotopic (exact) mass is 326 g/mol. The van der Waals surface area contributed by atoms with E-state index in [4.69, 9.17) is 4.99 Å². The number of nitrogens with one attached hydrogen (secondary N) is 1. The molecule has 98 valence electrons. The van der Waals surface area contributed by atoms with Crippen LogP contribution >= 0.6 is 27.7 Å². The van der Waals surface area contributed by atoms with Gasteiger partial charge in [0.2, 0.25) is 0 Å². The lowest BCUT2D eigenvalue weighted by molar-refractivity contribution is 0.507. The van der Waals surface area contributed by atoms with E-state index in [-0.39, 0.29) is 5.54 Å². The molecule has 1 heterocycles. The van der Waals surface area contributed by atoms with Gasteiger partial charge in [0.1, 0.15) is 0 Å². The van der Waals surface area contributed by atoms with Gasteiger partial charge in [0.15, 0.2) is 5.17 Å². The topological polar surface area (TPSA) is 24.4 Å². The van der Waals surface area contributed by atoms with Crippen LogP contribution in [0.3, 0.4) is 0 Å². The molecule has 0 bridgehead atoms. The van der Waals surface area contributed by atoms with Gasteiger partial charge in [-0.05, 0) is 67.2 Å². The number of hydrogen-bond acceptors (Lipinski definition) is 3. The molecule has 2 rings (SSSR count). The van der Waals surface area contributed by atoms with E-state index in [9.17, 15) is 0 Å². The van der Waals surface area contributed by atoms with Crippen LogP contribution in [0.2, 0.25) is 0 Å². The number of nitrogens with zero attached hydrogens (tertiary/aromatic N) is 1. The molecule has 1 aliphatic heterocycles. The van der Waals surface area contributed by atoms with E-state index in [1.165, 1.54) is 11.1 Å². The second-order valence-corrected chi connectivity index (χ2v) is 7.33. The van der Waals surface area contributed by atoms with E-state index >= 15 is 0 Å². The van der Waals surface area contributed by atoms with Crippen LogP contribution in [0.25, 0.3) is 0 Å². The summed E-state index contributed by atoms with van der Waals surface area (Å²) in [5, 5.41) is 4.49. The Bertz CT molecular complexity index is 472. The highest BCUT2D eigenvalue weighted by atomic mass is 79.9. The molecular formula is C14H19BrN2S. The van der Waals surface area contributed by atoms with Crippen LogP contribution in [-0.4, -0.2) is 16.5 Å². The van der Waals surface area contributed by atoms with Crippen LogP contribution in [0.5, 0.6) is 0 Å². The zero-order valence-electron chi connectivity index (χ0n) is 11.3. The number of halogens is 1. The van der Waals surface area contributed by atoms with Crippen LogP contribution in [-0.2, 0) is 0 Å². The second kappa shape index (κ2) is 5.25. The summed E-state index contributed by atoms with van der Waals surface area (Å²) in [5.74, 6) is 1.13. The van der Waals surface area contributed by atoms with Gasteiger partial charge in [-0.1, -0.05) is 17.8 Å². The first-order valence-corrected chi connectivity index (χ1v) is 7.92. The van der Waals surface area contributed by atoms with Gasteiger partial charge in [0, 0.05) is 10.2 Å². The van der Waals surface area contributed by atoms with E-state index in [1.54, 1.807) is 11.8 Å². The summed E-state index contributed by atoms with van der Waals surface area (Å²) in [4.78, 5) is 4.76. The molecule has 1 N–H and O–H groups in total.